The lowest BCUT2D eigenvalue weighted by Crippen LogP contribution is -2.51. The summed E-state index contributed by atoms with van der Waals surface area (Å²) < 4.78 is 0. The van der Waals surface area contributed by atoms with Crippen molar-refractivity contribution in [2.45, 2.75) is 49.8 Å². The van der Waals surface area contributed by atoms with E-state index in [2.05, 4.69) is 37.0 Å². The van der Waals surface area contributed by atoms with Crippen molar-refractivity contribution in [3.05, 3.63) is 35.9 Å². The van der Waals surface area contributed by atoms with Crippen LogP contribution in [0.15, 0.2) is 30.3 Å². The molecule has 4 bridgehead atoms. The van der Waals surface area contributed by atoms with E-state index in [9.17, 15) is 0 Å². The molecule has 2 heteroatoms. The maximum atomic E-state index is 7.06. The highest BCUT2D eigenvalue weighted by molar-refractivity contribution is 7.97. The molecule has 105 valence electrons. The Balaban J connectivity index is 1.62. The molecule has 0 saturated heterocycles. The third kappa shape index (κ3) is 2.09. The molecule has 4 saturated carbocycles. The molecule has 0 nitrogen and oxygen atoms in total. The lowest BCUT2D eigenvalue weighted by Gasteiger charge is -2.64. The van der Waals surface area contributed by atoms with Crippen LogP contribution in [0.3, 0.4) is 0 Å². The Hall–Kier alpha value is -0.285. The predicted octanol–water partition coefficient (Wildman–Crippen LogP) is 4.89. The van der Waals surface area contributed by atoms with Crippen LogP contribution in [0.1, 0.15) is 44.1 Å². The van der Waals surface area contributed by atoms with Crippen molar-refractivity contribution < 1.29 is 0 Å². The van der Waals surface area contributed by atoms with Gasteiger partial charge in [0.25, 0.3) is 0 Å². The van der Waals surface area contributed by atoms with E-state index in [-0.39, 0.29) is 0 Å². The molecule has 5 rings (SSSR count). The van der Waals surface area contributed by atoms with Gasteiger partial charge in [0.15, 0.2) is 0 Å². The van der Waals surface area contributed by atoms with E-state index in [1.807, 2.05) is 0 Å². The van der Waals surface area contributed by atoms with Gasteiger partial charge < -0.3 is 7.57 Å². The van der Waals surface area contributed by atoms with Crippen LogP contribution in [0.25, 0.3) is 0 Å². The Morgan fingerprint density at radius 3 is 2.00 bits per heavy atom. The van der Waals surface area contributed by atoms with Crippen LogP contribution in [0.2, 0.25) is 0 Å². The minimum absolute atomic E-state index is 0.539. The Bertz CT molecular complexity index is 458. The van der Waals surface area contributed by atoms with Gasteiger partial charge in [-0.25, -0.2) is 7.14 Å². The van der Waals surface area contributed by atoms with E-state index in [1.165, 1.54) is 44.1 Å². The first kappa shape index (κ1) is 13.4. The fourth-order valence-electron chi connectivity index (χ4n) is 5.82. The molecule has 4 aliphatic carbocycles. The zero-order chi connectivity index (χ0) is 13.8. The highest BCUT2D eigenvalue weighted by Gasteiger charge is 2.56. The molecule has 1 unspecified atom stereocenters. The highest BCUT2D eigenvalue weighted by atomic mass is 31.2. The highest BCUT2D eigenvalue weighted by Crippen LogP contribution is 2.76. The van der Waals surface area contributed by atoms with Crippen molar-refractivity contribution in [3.63, 3.8) is 0 Å². The molecule has 0 aromatic heterocycles. The Kier molecular flexibility index (Phi) is 3.08. The maximum Gasteiger partial charge on any atom is 0.0368 e. The molecule has 0 amide bonds. The van der Waals surface area contributed by atoms with Crippen LogP contribution in [0.4, 0.5) is 0 Å². The van der Waals surface area contributed by atoms with E-state index < -0.39 is 7.14 Å². The normalized spacial score (nSPS) is 41.6. The van der Waals surface area contributed by atoms with Crippen LogP contribution in [0.5, 0.6) is 0 Å². The summed E-state index contributed by atoms with van der Waals surface area (Å²) in [5.41, 5.74) is 1.46. The second kappa shape index (κ2) is 4.60. The van der Waals surface area contributed by atoms with Gasteiger partial charge in [-0.05, 0) is 61.8 Å². The molecule has 0 N–H and O–H groups in total. The minimum atomic E-state index is -1.36. The molecule has 3 radical (unpaired) electrons. The number of hydrogen-bond donors (Lipinski definition) is 0. The zero-order valence-corrected chi connectivity index (χ0v) is 13.5. The number of hydrogen-bond acceptors (Lipinski definition) is 0. The van der Waals surface area contributed by atoms with Gasteiger partial charge in [-0.1, -0.05) is 30.3 Å². The van der Waals surface area contributed by atoms with Gasteiger partial charge in [0.05, 0.1) is 0 Å². The molecule has 4 fully saturated rings. The van der Waals surface area contributed by atoms with Crippen LogP contribution in [-0.4, -0.2) is 19.4 Å². The van der Waals surface area contributed by atoms with E-state index in [1.54, 1.807) is 0 Å². The number of benzene rings is 1. The lowest BCUT2D eigenvalue weighted by molar-refractivity contribution is 0.0351. The smallest absolute Gasteiger partial charge is 0.0368 e. The van der Waals surface area contributed by atoms with Crippen LogP contribution < -0.4 is 0 Å². The summed E-state index contributed by atoms with van der Waals surface area (Å²) in [5.74, 6) is 3.04. The van der Waals surface area contributed by atoms with Crippen LogP contribution in [0, 0.1) is 17.8 Å². The van der Waals surface area contributed by atoms with Gasteiger partial charge in [-0.15, -0.1) is 0 Å². The van der Waals surface area contributed by atoms with Gasteiger partial charge in [0, 0.05) is 18.0 Å². The predicted molar refractivity (Wildman–Crippen MR) is 89.6 cm³/mol. The molecule has 0 aliphatic heterocycles. The third-order valence-corrected chi connectivity index (χ3v) is 10.2. The van der Waals surface area contributed by atoms with Crippen molar-refractivity contribution in [2.75, 3.05) is 6.66 Å². The van der Waals surface area contributed by atoms with Crippen LogP contribution in [-0.2, 0) is 6.16 Å². The monoisotopic (exact) mass is 283 g/mol. The Labute approximate surface area is 125 Å². The van der Waals surface area contributed by atoms with Gasteiger partial charge in [0.1, 0.15) is 0 Å². The molecule has 1 aromatic carbocycles. The van der Waals surface area contributed by atoms with E-state index in [0.717, 1.165) is 23.9 Å². The molecule has 20 heavy (non-hydrogen) atoms. The van der Waals surface area contributed by atoms with Crippen molar-refractivity contribution in [1.82, 2.24) is 0 Å². The van der Waals surface area contributed by atoms with E-state index in [0.29, 0.717) is 5.16 Å². The van der Waals surface area contributed by atoms with Gasteiger partial charge >= 0.3 is 0 Å². The summed E-state index contributed by atoms with van der Waals surface area (Å²) in [6, 6.07) is 11.0. The van der Waals surface area contributed by atoms with Gasteiger partial charge in [-0.2, -0.15) is 0 Å². The van der Waals surface area contributed by atoms with Gasteiger partial charge in [0.2, 0.25) is 0 Å². The molecule has 0 spiro atoms. The summed E-state index contributed by atoms with van der Waals surface area (Å²) in [4.78, 5) is 0. The SMILES string of the molecule is [B-][P+](C)(Cc1ccccc1)C12CC3CC(CC(C3)C1)C2. The summed E-state index contributed by atoms with van der Waals surface area (Å²) in [6.07, 6.45) is 10.1. The van der Waals surface area contributed by atoms with Crippen LogP contribution >= 0.6 is 7.14 Å². The summed E-state index contributed by atoms with van der Waals surface area (Å²) >= 11 is 0. The largest absolute Gasteiger partial charge is 0.306 e. The summed E-state index contributed by atoms with van der Waals surface area (Å²) in [7, 11) is 5.70. The van der Waals surface area contributed by atoms with Crippen molar-refractivity contribution in [1.29, 1.82) is 0 Å². The lowest BCUT2D eigenvalue weighted by atomic mass is 9.56. The molecule has 1 aromatic rings. The molecule has 0 heterocycles. The zero-order valence-electron chi connectivity index (χ0n) is 12.6. The molecular formula is C18H25BP. The van der Waals surface area contributed by atoms with Crippen molar-refractivity contribution in [2.24, 2.45) is 17.8 Å². The quantitative estimate of drug-likeness (QED) is 0.547. The van der Waals surface area contributed by atoms with E-state index in [4.69, 9.17) is 7.57 Å². The first-order valence-corrected chi connectivity index (χ1v) is 10.7. The van der Waals surface area contributed by atoms with E-state index >= 15 is 0 Å². The second-order valence-corrected chi connectivity index (χ2v) is 11.9. The van der Waals surface area contributed by atoms with Gasteiger partial charge in [-0.3, -0.25) is 0 Å². The fraction of sp³-hybridized carbons (Fsp3) is 0.667. The topological polar surface area (TPSA) is 0 Å². The third-order valence-electron chi connectivity index (χ3n) is 6.44. The van der Waals surface area contributed by atoms with Crippen molar-refractivity contribution in [3.8, 4) is 0 Å². The second-order valence-electron chi connectivity index (χ2n) is 8.05. The standard InChI is InChI=1S/C18H25BP/c1-20(19,13-14-5-3-2-4-6-14)18-10-15-7-16(11-18)9-17(8-15)12-18/h2-6,15-17H,7-13H2,1H3. The first-order valence-electron chi connectivity index (χ1n) is 8.24. The molecular weight excluding hydrogens is 258 g/mol. The maximum absolute atomic E-state index is 7.06. The minimum Gasteiger partial charge on any atom is -0.306 e. The molecule has 4 aliphatic rings. The Morgan fingerprint density at radius 2 is 1.50 bits per heavy atom. The summed E-state index contributed by atoms with van der Waals surface area (Å²) in [5, 5.41) is 0.539. The fourth-order valence-corrected chi connectivity index (χ4v) is 9.15. The van der Waals surface area contributed by atoms with Crippen molar-refractivity contribution >= 4 is 14.7 Å². The summed E-state index contributed by atoms with van der Waals surface area (Å²) in [6.45, 7) is 2.45. The average Bonchev–Trinajstić information content (AvgIpc) is 2.37. The Morgan fingerprint density at radius 1 is 1.00 bits per heavy atom. The first-order chi connectivity index (χ1) is 9.56. The average molecular weight is 283 g/mol. The molecule has 1 atom stereocenters. The number of rotatable bonds is 3.